The van der Waals surface area contributed by atoms with Crippen LogP contribution in [0.4, 0.5) is 4.39 Å². The van der Waals surface area contributed by atoms with Gasteiger partial charge in [-0.2, -0.15) is 0 Å². The van der Waals surface area contributed by atoms with Gasteiger partial charge in [0.15, 0.2) is 0 Å². The number of imidazole rings is 1. The summed E-state index contributed by atoms with van der Waals surface area (Å²) >= 11 is 0. The maximum absolute atomic E-state index is 13.4. The smallest absolute Gasteiger partial charge is 0.123 e. The number of nitrogens with one attached hydrogen (secondary N) is 1. The van der Waals surface area contributed by atoms with E-state index >= 15 is 0 Å². The molecule has 3 aromatic rings. The third kappa shape index (κ3) is 2.11. The summed E-state index contributed by atoms with van der Waals surface area (Å²) in [6.07, 6.45) is 1.77. The average Bonchev–Trinajstić information content (AvgIpc) is 2.83. The summed E-state index contributed by atoms with van der Waals surface area (Å²) in [4.78, 5) is 4.37. The molecular weight excluding hydrogens is 241 g/mol. The van der Waals surface area contributed by atoms with Crippen LogP contribution in [-0.2, 0) is 6.54 Å². The van der Waals surface area contributed by atoms with E-state index in [1.165, 1.54) is 6.07 Å². The van der Waals surface area contributed by atoms with Gasteiger partial charge in [-0.05, 0) is 42.9 Å². The van der Waals surface area contributed by atoms with Crippen molar-refractivity contribution in [2.45, 2.75) is 6.54 Å². The summed E-state index contributed by atoms with van der Waals surface area (Å²) in [5, 5.41) is 3.06. The molecule has 0 atom stereocenters. The Hall–Kier alpha value is -2.20. The van der Waals surface area contributed by atoms with E-state index in [0.717, 1.165) is 22.3 Å². The zero-order valence-corrected chi connectivity index (χ0v) is 10.6. The molecule has 0 aliphatic carbocycles. The van der Waals surface area contributed by atoms with Crippen molar-refractivity contribution in [1.29, 1.82) is 0 Å². The van der Waals surface area contributed by atoms with Crippen LogP contribution in [-0.4, -0.2) is 16.6 Å². The second-order valence-corrected chi connectivity index (χ2v) is 4.41. The van der Waals surface area contributed by atoms with Gasteiger partial charge in [-0.3, -0.25) is 4.57 Å². The van der Waals surface area contributed by atoms with Crippen LogP contribution in [0.25, 0.3) is 16.7 Å². The molecule has 1 aromatic heterocycles. The first-order chi connectivity index (χ1) is 9.29. The zero-order chi connectivity index (χ0) is 13.2. The normalized spacial score (nSPS) is 11.1. The minimum atomic E-state index is -0.224. The Bertz CT molecular complexity index is 718. The molecule has 0 saturated carbocycles. The number of hydrogen-bond acceptors (Lipinski definition) is 2. The topological polar surface area (TPSA) is 29.9 Å². The van der Waals surface area contributed by atoms with Crippen molar-refractivity contribution in [2.24, 2.45) is 0 Å². The summed E-state index contributed by atoms with van der Waals surface area (Å²) in [5.41, 5.74) is 3.81. The minimum absolute atomic E-state index is 0.224. The molecule has 2 aromatic carbocycles. The van der Waals surface area contributed by atoms with Crippen molar-refractivity contribution < 1.29 is 4.39 Å². The van der Waals surface area contributed by atoms with E-state index in [2.05, 4.69) is 10.3 Å². The average molecular weight is 255 g/mol. The molecule has 0 radical (unpaired) electrons. The molecule has 0 spiro atoms. The van der Waals surface area contributed by atoms with Crippen LogP contribution in [0.5, 0.6) is 0 Å². The molecule has 0 fully saturated rings. The van der Waals surface area contributed by atoms with Gasteiger partial charge >= 0.3 is 0 Å². The van der Waals surface area contributed by atoms with Gasteiger partial charge in [0.1, 0.15) is 12.1 Å². The minimum Gasteiger partial charge on any atom is -0.316 e. The van der Waals surface area contributed by atoms with E-state index in [-0.39, 0.29) is 5.82 Å². The summed E-state index contributed by atoms with van der Waals surface area (Å²) in [5.74, 6) is -0.224. The van der Waals surface area contributed by atoms with E-state index in [0.29, 0.717) is 6.54 Å². The van der Waals surface area contributed by atoms with Gasteiger partial charge in [0.05, 0.1) is 16.7 Å². The van der Waals surface area contributed by atoms with Crippen LogP contribution in [0.2, 0.25) is 0 Å². The van der Waals surface area contributed by atoms with E-state index in [9.17, 15) is 4.39 Å². The number of benzene rings is 2. The van der Waals surface area contributed by atoms with Crippen LogP contribution in [0.15, 0.2) is 48.8 Å². The monoisotopic (exact) mass is 255 g/mol. The van der Waals surface area contributed by atoms with Gasteiger partial charge < -0.3 is 5.32 Å². The molecule has 0 aliphatic rings. The second-order valence-electron chi connectivity index (χ2n) is 4.41. The van der Waals surface area contributed by atoms with Gasteiger partial charge in [-0.1, -0.05) is 12.1 Å². The van der Waals surface area contributed by atoms with Crippen LogP contribution >= 0.6 is 0 Å². The van der Waals surface area contributed by atoms with Gasteiger partial charge in [-0.15, -0.1) is 0 Å². The lowest BCUT2D eigenvalue weighted by atomic mass is 10.1. The molecule has 0 aliphatic heterocycles. The second kappa shape index (κ2) is 4.82. The molecule has 0 amide bonds. The molecule has 19 heavy (non-hydrogen) atoms. The maximum Gasteiger partial charge on any atom is 0.123 e. The lowest BCUT2D eigenvalue weighted by Crippen LogP contribution is -2.09. The molecule has 1 heterocycles. The lowest BCUT2D eigenvalue weighted by Gasteiger charge is -2.11. The number of hydrogen-bond donors (Lipinski definition) is 1. The van der Waals surface area contributed by atoms with Gasteiger partial charge in [-0.25, -0.2) is 9.37 Å². The third-order valence-electron chi connectivity index (χ3n) is 3.12. The Morgan fingerprint density at radius 2 is 2.05 bits per heavy atom. The van der Waals surface area contributed by atoms with E-state index < -0.39 is 0 Å². The molecule has 1 N–H and O–H groups in total. The maximum atomic E-state index is 13.4. The molecule has 0 unspecified atom stereocenters. The SMILES string of the molecule is CNCc1cc(F)ccc1-n1cnc2ccccc21. The fraction of sp³-hybridized carbons (Fsp3) is 0.133. The fourth-order valence-corrected chi connectivity index (χ4v) is 2.27. The van der Waals surface area contributed by atoms with Crippen molar-refractivity contribution in [3.05, 3.63) is 60.2 Å². The van der Waals surface area contributed by atoms with E-state index in [1.807, 2.05) is 35.9 Å². The Morgan fingerprint density at radius 3 is 2.89 bits per heavy atom. The number of aromatic nitrogens is 2. The predicted molar refractivity (Wildman–Crippen MR) is 73.8 cm³/mol. The summed E-state index contributed by atoms with van der Waals surface area (Å²) in [7, 11) is 1.85. The van der Waals surface area contributed by atoms with Gasteiger partial charge in [0, 0.05) is 6.54 Å². The van der Waals surface area contributed by atoms with Crippen LogP contribution in [0.3, 0.4) is 0 Å². The van der Waals surface area contributed by atoms with Crippen LogP contribution in [0.1, 0.15) is 5.56 Å². The Labute approximate surface area is 110 Å². The largest absolute Gasteiger partial charge is 0.316 e. The molecular formula is C15H14FN3. The highest BCUT2D eigenvalue weighted by atomic mass is 19.1. The highest BCUT2D eigenvalue weighted by Gasteiger charge is 2.09. The molecule has 0 saturated heterocycles. The number of fused-ring (bicyclic) bond motifs is 1. The zero-order valence-electron chi connectivity index (χ0n) is 10.6. The molecule has 0 bridgehead atoms. The Balaban J connectivity index is 2.21. The lowest BCUT2D eigenvalue weighted by molar-refractivity contribution is 0.623. The Morgan fingerprint density at radius 1 is 1.21 bits per heavy atom. The van der Waals surface area contributed by atoms with Crippen molar-refractivity contribution in [2.75, 3.05) is 7.05 Å². The van der Waals surface area contributed by atoms with Crippen LogP contribution < -0.4 is 5.32 Å². The molecule has 3 nitrogen and oxygen atoms in total. The molecule has 3 rings (SSSR count). The highest BCUT2D eigenvalue weighted by molar-refractivity contribution is 5.77. The Kier molecular flexibility index (Phi) is 3.01. The van der Waals surface area contributed by atoms with Gasteiger partial charge in [0.2, 0.25) is 0 Å². The first-order valence-corrected chi connectivity index (χ1v) is 6.15. The fourth-order valence-electron chi connectivity index (χ4n) is 2.27. The highest BCUT2D eigenvalue weighted by Crippen LogP contribution is 2.21. The quantitative estimate of drug-likeness (QED) is 0.780. The predicted octanol–water partition coefficient (Wildman–Crippen LogP) is 2.88. The first-order valence-electron chi connectivity index (χ1n) is 6.15. The number of halogens is 1. The van der Waals surface area contributed by atoms with Crippen molar-refractivity contribution in [3.8, 4) is 5.69 Å². The third-order valence-corrected chi connectivity index (χ3v) is 3.12. The van der Waals surface area contributed by atoms with E-state index in [1.54, 1.807) is 18.5 Å². The number of rotatable bonds is 3. The standard InChI is InChI=1S/C15H14FN3/c1-17-9-11-8-12(16)6-7-14(11)19-10-18-13-4-2-3-5-15(13)19/h2-8,10,17H,9H2,1H3. The molecule has 96 valence electrons. The van der Waals surface area contributed by atoms with Crippen molar-refractivity contribution in [1.82, 2.24) is 14.9 Å². The van der Waals surface area contributed by atoms with E-state index in [4.69, 9.17) is 0 Å². The first kappa shape index (κ1) is 11.9. The molecule has 4 heteroatoms. The summed E-state index contributed by atoms with van der Waals surface area (Å²) in [6, 6.07) is 12.7. The summed E-state index contributed by atoms with van der Waals surface area (Å²) < 4.78 is 15.4. The summed E-state index contributed by atoms with van der Waals surface area (Å²) in [6.45, 7) is 0.611. The number of nitrogens with zero attached hydrogens (tertiary/aromatic N) is 2. The van der Waals surface area contributed by atoms with Crippen molar-refractivity contribution in [3.63, 3.8) is 0 Å². The van der Waals surface area contributed by atoms with Crippen molar-refractivity contribution >= 4 is 11.0 Å². The number of para-hydroxylation sites is 2. The van der Waals surface area contributed by atoms with Crippen LogP contribution in [0, 0.1) is 5.82 Å². The van der Waals surface area contributed by atoms with Gasteiger partial charge in [0.25, 0.3) is 0 Å².